The molecule has 182 valence electrons. The Morgan fingerprint density at radius 1 is 1.15 bits per heavy atom. The molecule has 7 nitrogen and oxygen atoms in total. The average Bonchev–Trinajstić information content (AvgIpc) is 2.86. The molecule has 2 aromatic rings. The molecule has 1 aromatic heterocycles. The summed E-state index contributed by atoms with van der Waals surface area (Å²) in [5.74, 6) is 0.417. The number of aliphatic hydroxyl groups excluding tert-OH is 1. The van der Waals surface area contributed by atoms with Gasteiger partial charge in [0.05, 0.1) is 6.10 Å². The molecule has 0 bridgehead atoms. The van der Waals surface area contributed by atoms with E-state index in [9.17, 15) is 14.7 Å². The van der Waals surface area contributed by atoms with Crippen LogP contribution in [-0.4, -0.2) is 70.0 Å². The minimum atomic E-state index is -0.651. The number of carbonyl (C=O) groups is 2. The lowest BCUT2D eigenvalue weighted by Crippen LogP contribution is -2.48. The van der Waals surface area contributed by atoms with E-state index in [-0.39, 0.29) is 24.4 Å². The van der Waals surface area contributed by atoms with E-state index in [2.05, 4.69) is 39.5 Å². The minimum absolute atomic E-state index is 0.0532. The molecule has 3 heterocycles. The van der Waals surface area contributed by atoms with Gasteiger partial charge in [0.1, 0.15) is 0 Å². The molecular weight excluding hydrogens is 428 g/mol. The van der Waals surface area contributed by atoms with Crippen LogP contribution in [0.3, 0.4) is 0 Å². The number of hydrogen-bond donors (Lipinski definition) is 2. The number of benzene rings is 1. The van der Waals surface area contributed by atoms with Crippen molar-refractivity contribution >= 4 is 11.8 Å². The second-order valence-electron chi connectivity index (χ2n) is 9.70. The first kappa shape index (κ1) is 24.4. The third-order valence-electron chi connectivity index (χ3n) is 7.40. The van der Waals surface area contributed by atoms with Crippen LogP contribution in [-0.2, 0) is 24.2 Å². The van der Waals surface area contributed by atoms with Crippen molar-refractivity contribution in [3.05, 3.63) is 65.0 Å². The van der Waals surface area contributed by atoms with Gasteiger partial charge in [-0.15, -0.1) is 0 Å². The zero-order valence-electron chi connectivity index (χ0n) is 20.2. The number of piperidine rings is 1. The number of nitrogens with one attached hydrogen (secondary N) is 1. The fourth-order valence-electron chi connectivity index (χ4n) is 5.06. The Morgan fingerprint density at radius 3 is 2.62 bits per heavy atom. The molecule has 1 fully saturated rings. The molecule has 0 aliphatic carbocycles. The monoisotopic (exact) mass is 464 g/mol. The highest BCUT2D eigenvalue weighted by Crippen LogP contribution is 2.22. The van der Waals surface area contributed by atoms with E-state index in [1.54, 1.807) is 19.2 Å². The predicted molar refractivity (Wildman–Crippen MR) is 131 cm³/mol. The van der Waals surface area contributed by atoms with E-state index in [0.717, 1.165) is 57.6 Å². The van der Waals surface area contributed by atoms with Gasteiger partial charge >= 0.3 is 0 Å². The van der Waals surface area contributed by atoms with Crippen molar-refractivity contribution in [2.24, 2.45) is 5.92 Å². The molecule has 7 heteroatoms. The maximum atomic E-state index is 12.8. The summed E-state index contributed by atoms with van der Waals surface area (Å²) in [4.78, 5) is 32.9. The number of aromatic nitrogens is 1. The first-order chi connectivity index (χ1) is 16.4. The van der Waals surface area contributed by atoms with Crippen LogP contribution < -0.4 is 5.32 Å². The first-order valence-electron chi connectivity index (χ1n) is 12.4. The predicted octanol–water partition coefficient (Wildman–Crippen LogP) is 2.42. The number of aliphatic hydroxyl groups is 1. The van der Waals surface area contributed by atoms with Crippen LogP contribution in [0.5, 0.6) is 0 Å². The van der Waals surface area contributed by atoms with Gasteiger partial charge in [0, 0.05) is 63.1 Å². The van der Waals surface area contributed by atoms with Gasteiger partial charge in [-0.1, -0.05) is 24.3 Å². The van der Waals surface area contributed by atoms with Gasteiger partial charge in [0.25, 0.3) is 5.91 Å². The molecule has 0 saturated carbocycles. The van der Waals surface area contributed by atoms with E-state index >= 15 is 0 Å². The highest BCUT2D eigenvalue weighted by Gasteiger charge is 2.26. The highest BCUT2D eigenvalue weighted by molar-refractivity contribution is 5.94. The van der Waals surface area contributed by atoms with Crippen LogP contribution in [0.1, 0.15) is 53.9 Å². The molecule has 2 aliphatic heterocycles. The first-order valence-corrected chi connectivity index (χ1v) is 12.4. The van der Waals surface area contributed by atoms with Gasteiger partial charge in [-0.05, 0) is 61.8 Å². The Bertz CT molecular complexity index is 1000. The third kappa shape index (κ3) is 6.02. The van der Waals surface area contributed by atoms with Crippen LogP contribution in [0.2, 0.25) is 0 Å². The zero-order valence-corrected chi connectivity index (χ0v) is 20.2. The van der Waals surface area contributed by atoms with Crippen LogP contribution in [0.25, 0.3) is 0 Å². The van der Waals surface area contributed by atoms with E-state index in [1.807, 2.05) is 17.9 Å². The van der Waals surface area contributed by atoms with Gasteiger partial charge in [0.2, 0.25) is 5.91 Å². The SMILES string of the molecule is CC(=O)N1CCC(Cc2cc(C(=O)NCC(O)C(C)N3CCc4ccccc4C3)ccn2)CC1. The molecule has 0 spiro atoms. The van der Waals surface area contributed by atoms with Crippen molar-refractivity contribution in [3.63, 3.8) is 0 Å². The van der Waals surface area contributed by atoms with Crippen molar-refractivity contribution < 1.29 is 14.7 Å². The van der Waals surface area contributed by atoms with Crippen LogP contribution in [0.15, 0.2) is 42.6 Å². The summed E-state index contributed by atoms with van der Waals surface area (Å²) < 4.78 is 0. The van der Waals surface area contributed by atoms with Crippen molar-refractivity contribution in [2.75, 3.05) is 26.2 Å². The summed E-state index contributed by atoms with van der Waals surface area (Å²) in [6.45, 7) is 7.15. The van der Waals surface area contributed by atoms with Crippen molar-refractivity contribution in [3.8, 4) is 0 Å². The highest BCUT2D eigenvalue weighted by atomic mass is 16.3. The van der Waals surface area contributed by atoms with Gasteiger partial charge in [0.15, 0.2) is 0 Å². The van der Waals surface area contributed by atoms with Gasteiger partial charge < -0.3 is 15.3 Å². The van der Waals surface area contributed by atoms with Crippen molar-refractivity contribution in [1.82, 2.24) is 20.1 Å². The lowest BCUT2D eigenvalue weighted by atomic mass is 9.91. The fraction of sp³-hybridized carbons (Fsp3) is 0.519. The van der Waals surface area contributed by atoms with E-state index in [1.165, 1.54) is 11.1 Å². The van der Waals surface area contributed by atoms with Crippen LogP contribution >= 0.6 is 0 Å². The number of likely N-dealkylation sites (tertiary alicyclic amines) is 1. The summed E-state index contributed by atoms with van der Waals surface area (Å²) in [5, 5.41) is 13.6. The average molecular weight is 465 g/mol. The Balaban J connectivity index is 1.26. The Hall–Kier alpha value is -2.77. The molecule has 4 rings (SSSR count). The number of pyridine rings is 1. The fourth-order valence-corrected chi connectivity index (χ4v) is 5.06. The molecule has 2 aliphatic rings. The smallest absolute Gasteiger partial charge is 0.251 e. The molecule has 2 atom stereocenters. The zero-order chi connectivity index (χ0) is 24.1. The van der Waals surface area contributed by atoms with E-state index in [0.29, 0.717) is 11.5 Å². The minimum Gasteiger partial charge on any atom is -0.390 e. The van der Waals surface area contributed by atoms with E-state index < -0.39 is 6.10 Å². The standard InChI is InChI=1S/C27H36N4O3/c1-19(31-14-10-22-5-3-4-6-24(22)18-31)26(33)17-29-27(34)23-7-11-28-25(16-23)15-21-8-12-30(13-9-21)20(2)32/h3-7,11,16,19,21,26,33H,8-10,12-15,17-18H2,1-2H3,(H,29,34). The lowest BCUT2D eigenvalue weighted by Gasteiger charge is -2.36. The number of amides is 2. The van der Waals surface area contributed by atoms with Crippen LogP contribution in [0, 0.1) is 5.92 Å². The third-order valence-corrected chi connectivity index (χ3v) is 7.40. The quantitative estimate of drug-likeness (QED) is 0.657. The molecule has 34 heavy (non-hydrogen) atoms. The number of nitrogens with zero attached hydrogens (tertiary/aromatic N) is 3. The normalized spacial score (nSPS) is 18.7. The second-order valence-corrected chi connectivity index (χ2v) is 9.70. The number of fused-ring (bicyclic) bond motifs is 1. The van der Waals surface area contributed by atoms with Crippen molar-refractivity contribution in [2.45, 2.75) is 58.2 Å². The Kier molecular flexibility index (Phi) is 7.95. The Labute approximate surface area is 202 Å². The summed E-state index contributed by atoms with van der Waals surface area (Å²) in [6.07, 6.45) is 4.74. The summed E-state index contributed by atoms with van der Waals surface area (Å²) >= 11 is 0. The number of hydrogen-bond acceptors (Lipinski definition) is 5. The Morgan fingerprint density at radius 2 is 1.88 bits per heavy atom. The maximum Gasteiger partial charge on any atom is 0.251 e. The van der Waals surface area contributed by atoms with Gasteiger partial charge in [-0.2, -0.15) is 0 Å². The van der Waals surface area contributed by atoms with Gasteiger partial charge in [-0.25, -0.2) is 0 Å². The molecular formula is C27H36N4O3. The molecule has 1 aromatic carbocycles. The summed E-state index contributed by atoms with van der Waals surface area (Å²) in [7, 11) is 0. The number of rotatable bonds is 7. The lowest BCUT2D eigenvalue weighted by molar-refractivity contribution is -0.130. The number of carbonyl (C=O) groups excluding carboxylic acids is 2. The topological polar surface area (TPSA) is 85.8 Å². The molecule has 2 amide bonds. The largest absolute Gasteiger partial charge is 0.390 e. The molecule has 2 unspecified atom stereocenters. The molecule has 1 saturated heterocycles. The second kappa shape index (κ2) is 11.1. The summed E-state index contributed by atoms with van der Waals surface area (Å²) in [5.41, 5.74) is 4.16. The molecule has 2 N–H and O–H groups in total. The van der Waals surface area contributed by atoms with Crippen LogP contribution in [0.4, 0.5) is 0 Å². The molecule has 0 radical (unpaired) electrons. The van der Waals surface area contributed by atoms with E-state index in [4.69, 9.17) is 0 Å². The van der Waals surface area contributed by atoms with Gasteiger partial charge in [-0.3, -0.25) is 19.5 Å². The maximum absolute atomic E-state index is 12.8. The summed E-state index contributed by atoms with van der Waals surface area (Å²) in [6, 6.07) is 12.0. The van der Waals surface area contributed by atoms with Crippen molar-refractivity contribution in [1.29, 1.82) is 0 Å².